The first-order valence-corrected chi connectivity index (χ1v) is 7.19. The molecule has 116 valence electrons. The summed E-state index contributed by atoms with van der Waals surface area (Å²) in [4.78, 5) is 20.1. The van der Waals surface area contributed by atoms with E-state index in [1.807, 2.05) is 20.8 Å². The Bertz CT molecular complexity index is 679. The van der Waals surface area contributed by atoms with Crippen LogP contribution in [0.3, 0.4) is 0 Å². The van der Waals surface area contributed by atoms with E-state index in [4.69, 9.17) is 22.1 Å². The van der Waals surface area contributed by atoms with Crippen LogP contribution in [-0.4, -0.2) is 15.9 Å². The molecule has 0 aliphatic heterocycles. The maximum Gasteiger partial charge on any atom is 0.252 e. The van der Waals surface area contributed by atoms with Crippen LogP contribution in [-0.2, 0) is 12.0 Å². The number of carbonyl (C=O) groups excluding carboxylic acids is 1. The molecule has 0 unspecified atom stereocenters. The highest BCUT2D eigenvalue weighted by Gasteiger charge is 2.17. The Hall–Kier alpha value is -2.14. The first-order chi connectivity index (χ1) is 10.3. The summed E-state index contributed by atoms with van der Waals surface area (Å²) in [7, 11) is 0. The number of rotatable bonds is 4. The van der Waals surface area contributed by atoms with Gasteiger partial charge in [-0.15, -0.1) is 0 Å². The normalized spacial score (nSPS) is 11.3. The molecule has 0 aliphatic carbocycles. The molecule has 0 atom stereocenters. The van der Waals surface area contributed by atoms with Crippen molar-refractivity contribution < 1.29 is 9.53 Å². The summed E-state index contributed by atoms with van der Waals surface area (Å²) >= 11 is 5.85. The quantitative estimate of drug-likeness (QED) is 0.939. The molecule has 0 fully saturated rings. The summed E-state index contributed by atoms with van der Waals surface area (Å²) in [5, 5.41) is 0.430. The molecule has 0 saturated heterocycles. The van der Waals surface area contributed by atoms with Gasteiger partial charge in [0.25, 0.3) is 5.91 Å². The third kappa shape index (κ3) is 3.95. The largest absolute Gasteiger partial charge is 0.488 e. The zero-order chi connectivity index (χ0) is 16.3. The molecular formula is C16H18ClN3O2. The van der Waals surface area contributed by atoms with E-state index >= 15 is 0 Å². The minimum Gasteiger partial charge on any atom is -0.488 e. The minimum absolute atomic E-state index is 0.102. The summed E-state index contributed by atoms with van der Waals surface area (Å²) in [6, 6.07) is 4.74. The van der Waals surface area contributed by atoms with E-state index in [0.29, 0.717) is 10.8 Å². The molecular weight excluding hydrogens is 302 g/mol. The Labute approximate surface area is 134 Å². The fourth-order valence-corrected chi connectivity index (χ4v) is 1.97. The van der Waals surface area contributed by atoms with Crippen molar-refractivity contribution in [3.8, 4) is 5.75 Å². The van der Waals surface area contributed by atoms with Gasteiger partial charge < -0.3 is 10.5 Å². The van der Waals surface area contributed by atoms with Gasteiger partial charge >= 0.3 is 0 Å². The number of aromatic nitrogens is 2. The van der Waals surface area contributed by atoms with E-state index in [9.17, 15) is 4.79 Å². The van der Waals surface area contributed by atoms with Gasteiger partial charge in [0.05, 0.1) is 5.56 Å². The molecule has 0 saturated carbocycles. The van der Waals surface area contributed by atoms with Crippen molar-refractivity contribution in [2.24, 2.45) is 5.73 Å². The van der Waals surface area contributed by atoms with Gasteiger partial charge in [0, 0.05) is 28.4 Å². The topological polar surface area (TPSA) is 78.1 Å². The standard InChI is InChI=1S/C16H18ClN3O2/c1-16(2,3)15-19-7-10(8-20-15)9-22-13-5-4-11(17)6-12(13)14(18)21/h4-8H,9H2,1-3H3,(H2,18,21). The highest BCUT2D eigenvalue weighted by atomic mass is 35.5. The molecule has 0 radical (unpaired) electrons. The number of hydrogen-bond donors (Lipinski definition) is 1. The van der Waals surface area contributed by atoms with E-state index in [2.05, 4.69) is 9.97 Å². The van der Waals surface area contributed by atoms with E-state index in [0.717, 1.165) is 11.4 Å². The average Bonchev–Trinajstić information content (AvgIpc) is 2.45. The number of primary amides is 1. The number of halogens is 1. The summed E-state index contributed by atoms with van der Waals surface area (Å²) in [6.07, 6.45) is 3.43. The number of nitrogens with zero attached hydrogens (tertiary/aromatic N) is 2. The van der Waals surface area contributed by atoms with Gasteiger partial charge in [0.1, 0.15) is 18.2 Å². The second-order valence-corrected chi connectivity index (χ2v) is 6.39. The number of benzene rings is 1. The van der Waals surface area contributed by atoms with Crippen molar-refractivity contribution in [2.75, 3.05) is 0 Å². The Morgan fingerprint density at radius 2 is 1.91 bits per heavy atom. The van der Waals surface area contributed by atoms with Crippen LogP contribution in [0.1, 0.15) is 42.5 Å². The van der Waals surface area contributed by atoms with Gasteiger partial charge in [-0.2, -0.15) is 0 Å². The second-order valence-electron chi connectivity index (χ2n) is 5.96. The van der Waals surface area contributed by atoms with Crippen LogP contribution >= 0.6 is 11.6 Å². The lowest BCUT2D eigenvalue weighted by atomic mass is 9.96. The van der Waals surface area contributed by atoms with E-state index in [1.165, 1.54) is 6.07 Å². The molecule has 2 rings (SSSR count). The van der Waals surface area contributed by atoms with Crippen LogP contribution in [0.15, 0.2) is 30.6 Å². The van der Waals surface area contributed by atoms with Crippen LogP contribution < -0.4 is 10.5 Å². The fraction of sp³-hybridized carbons (Fsp3) is 0.312. The van der Waals surface area contributed by atoms with Crippen molar-refractivity contribution in [2.45, 2.75) is 32.8 Å². The number of hydrogen-bond acceptors (Lipinski definition) is 4. The van der Waals surface area contributed by atoms with Gasteiger partial charge in [-0.05, 0) is 18.2 Å². The summed E-state index contributed by atoms with van der Waals surface area (Å²) in [6.45, 7) is 6.38. The van der Waals surface area contributed by atoms with Crippen LogP contribution in [0, 0.1) is 0 Å². The molecule has 22 heavy (non-hydrogen) atoms. The SMILES string of the molecule is CC(C)(C)c1ncc(COc2ccc(Cl)cc2C(N)=O)cn1. The van der Waals surface area contributed by atoms with Crippen molar-refractivity contribution in [1.82, 2.24) is 9.97 Å². The maximum absolute atomic E-state index is 11.4. The first kappa shape index (κ1) is 16.2. The van der Waals surface area contributed by atoms with Crippen LogP contribution in [0.4, 0.5) is 0 Å². The Balaban J connectivity index is 2.12. The predicted octanol–water partition coefficient (Wildman–Crippen LogP) is 3.11. The zero-order valence-corrected chi connectivity index (χ0v) is 13.5. The first-order valence-electron chi connectivity index (χ1n) is 6.81. The summed E-state index contributed by atoms with van der Waals surface area (Å²) < 4.78 is 5.63. The smallest absolute Gasteiger partial charge is 0.252 e. The van der Waals surface area contributed by atoms with E-state index < -0.39 is 5.91 Å². The molecule has 1 amide bonds. The third-order valence-corrected chi connectivity index (χ3v) is 3.21. The molecule has 6 heteroatoms. The number of carbonyl (C=O) groups is 1. The molecule has 0 spiro atoms. The van der Waals surface area contributed by atoms with Crippen molar-refractivity contribution in [1.29, 1.82) is 0 Å². The van der Waals surface area contributed by atoms with Crippen LogP contribution in [0.2, 0.25) is 5.02 Å². The molecule has 0 bridgehead atoms. The van der Waals surface area contributed by atoms with Crippen molar-refractivity contribution in [3.63, 3.8) is 0 Å². The fourth-order valence-electron chi connectivity index (χ4n) is 1.80. The molecule has 2 N–H and O–H groups in total. The lowest BCUT2D eigenvalue weighted by Gasteiger charge is -2.16. The number of ether oxygens (including phenoxy) is 1. The monoisotopic (exact) mass is 319 g/mol. The highest BCUT2D eigenvalue weighted by molar-refractivity contribution is 6.31. The second kappa shape index (κ2) is 6.32. The molecule has 5 nitrogen and oxygen atoms in total. The average molecular weight is 320 g/mol. The molecule has 1 heterocycles. The zero-order valence-electron chi connectivity index (χ0n) is 12.8. The lowest BCUT2D eigenvalue weighted by molar-refractivity contribution is 0.0996. The van der Waals surface area contributed by atoms with Crippen molar-refractivity contribution in [3.05, 3.63) is 52.6 Å². The lowest BCUT2D eigenvalue weighted by Crippen LogP contribution is -2.16. The van der Waals surface area contributed by atoms with Crippen molar-refractivity contribution >= 4 is 17.5 Å². The molecule has 1 aromatic heterocycles. The molecule has 2 aromatic rings. The van der Waals surface area contributed by atoms with Gasteiger partial charge in [-0.25, -0.2) is 9.97 Å². The van der Waals surface area contributed by atoms with Crippen LogP contribution in [0.25, 0.3) is 0 Å². The Morgan fingerprint density at radius 3 is 2.45 bits per heavy atom. The highest BCUT2D eigenvalue weighted by Crippen LogP contribution is 2.23. The summed E-state index contributed by atoms with van der Waals surface area (Å²) in [5.41, 5.74) is 6.27. The van der Waals surface area contributed by atoms with Crippen LogP contribution in [0.5, 0.6) is 5.75 Å². The molecule has 1 aromatic carbocycles. The number of amides is 1. The van der Waals surface area contributed by atoms with Gasteiger partial charge in [0.2, 0.25) is 0 Å². The van der Waals surface area contributed by atoms with E-state index in [-0.39, 0.29) is 17.6 Å². The Kier molecular flexibility index (Phi) is 4.66. The van der Waals surface area contributed by atoms with Gasteiger partial charge in [0.15, 0.2) is 0 Å². The van der Waals surface area contributed by atoms with Gasteiger partial charge in [-0.3, -0.25) is 4.79 Å². The predicted molar refractivity (Wildman–Crippen MR) is 85.0 cm³/mol. The molecule has 0 aliphatic rings. The maximum atomic E-state index is 11.4. The van der Waals surface area contributed by atoms with Gasteiger partial charge in [-0.1, -0.05) is 32.4 Å². The summed E-state index contributed by atoms with van der Waals surface area (Å²) in [5.74, 6) is 0.564. The third-order valence-electron chi connectivity index (χ3n) is 2.98. The van der Waals surface area contributed by atoms with E-state index in [1.54, 1.807) is 24.5 Å². The Morgan fingerprint density at radius 1 is 1.27 bits per heavy atom. The minimum atomic E-state index is -0.586. The number of nitrogens with two attached hydrogens (primary N) is 1.